The first-order valence-electron chi connectivity index (χ1n) is 9.85. The molecule has 0 bridgehead atoms. The Bertz CT molecular complexity index is 640. The largest absolute Gasteiger partial charge is 0.373 e. The molecule has 4 heterocycles. The molecule has 3 aliphatic heterocycles. The molecule has 4 rings (SSSR count). The van der Waals surface area contributed by atoms with Crippen LogP contribution < -0.4 is 0 Å². The van der Waals surface area contributed by atoms with Gasteiger partial charge in [-0.05, 0) is 32.2 Å². The molecule has 0 saturated carbocycles. The SMILES string of the molecule is CN1CCN(C[C@@H]2CO[C@]3(CCCN(C(=O)c4cn(C)cn4)C3)C2)CC1. The van der Waals surface area contributed by atoms with Crippen LogP contribution in [0, 0.1) is 5.92 Å². The highest BCUT2D eigenvalue weighted by Crippen LogP contribution is 2.38. The fraction of sp³-hybridized carbons (Fsp3) is 0.789. The number of hydrogen-bond donors (Lipinski definition) is 0. The normalized spacial score (nSPS) is 31.0. The number of nitrogens with zero attached hydrogens (tertiary/aromatic N) is 5. The molecule has 0 radical (unpaired) electrons. The van der Waals surface area contributed by atoms with Crippen molar-refractivity contribution in [3.05, 3.63) is 18.2 Å². The van der Waals surface area contributed by atoms with Gasteiger partial charge >= 0.3 is 0 Å². The number of rotatable bonds is 3. The molecule has 144 valence electrons. The maximum Gasteiger partial charge on any atom is 0.274 e. The second-order valence-corrected chi connectivity index (χ2v) is 8.42. The van der Waals surface area contributed by atoms with Crippen molar-refractivity contribution in [2.75, 3.05) is 59.5 Å². The summed E-state index contributed by atoms with van der Waals surface area (Å²) in [6.07, 6.45) is 6.64. The number of likely N-dealkylation sites (tertiary alicyclic amines) is 1. The minimum atomic E-state index is -0.139. The number of piperazine rings is 1. The van der Waals surface area contributed by atoms with Crippen LogP contribution in [-0.2, 0) is 11.8 Å². The lowest BCUT2D eigenvalue weighted by Gasteiger charge is -2.39. The number of likely N-dealkylation sites (N-methyl/N-ethyl adjacent to an activating group) is 1. The average Bonchev–Trinajstić information content (AvgIpc) is 3.23. The molecule has 0 unspecified atom stereocenters. The summed E-state index contributed by atoms with van der Waals surface area (Å²) < 4.78 is 8.15. The van der Waals surface area contributed by atoms with Crippen LogP contribution in [0.3, 0.4) is 0 Å². The smallest absolute Gasteiger partial charge is 0.274 e. The van der Waals surface area contributed by atoms with Gasteiger partial charge in [0.1, 0.15) is 5.69 Å². The average molecular weight is 361 g/mol. The minimum absolute atomic E-state index is 0.0378. The van der Waals surface area contributed by atoms with Crippen LogP contribution in [0.2, 0.25) is 0 Å². The third-order valence-corrected chi connectivity index (χ3v) is 6.15. The Morgan fingerprint density at radius 2 is 2.08 bits per heavy atom. The van der Waals surface area contributed by atoms with Crippen molar-refractivity contribution in [2.24, 2.45) is 13.0 Å². The lowest BCUT2D eigenvalue weighted by Crippen LogP contribution is -2.50. The van der Waals surface area contributed by atoms with Gasteiger partial charge in [-0.2, -0.15) is 0 Å². The molecule has 3 saturated heterocycles. The fourth-order valence-corrected chi connectivity index (χ4v) is 4.69. The van der Waals surface area contributed by atoms with Gasteiger partial charge in [-0.1, -0.05) is 0 Å². The molecule has 0 aliphatic carbocycles. The molecule has 2 atom stereocenters. The zero-order valence-electron chi connectivity index (χ0n) is 16.1. The van der Waals surface area contributed by atoms with Gasteiger partial charge < -0.3 is 24.0 Å². The Kier molecular flexibility index (Phi) is 5.03. The second kappa shape index (κ2) is 7.29. The van der Waals surface area contributed by atoms with Gasteiger partial charge in [0.2, 0.25) is 0 Å². The number of aryl methyl sites for hydroxylation is 1. The monoisotopic (exact) mass is 361 g/mol. The molecule has 26 heavy (non-hydrogen) atoms. The van der Waals surface area contributed by atoms with Crippen molar-refractivity contribution < 1.29 is 9.53 Å². The maximum atomic E-state index is 12.8. The maximum absolute atomic E-state index is 12.8. The van der Waals surface area contributed by atoms with E-state index in [0.717, 1.165) is 65.1 Å². The van der Waals surface area contributed by atoms with Crippen LogP contribution in [0.25, 0.3) is 0 Å². The van der Waals surface area contributed by atoms with E-state index in [9.17, 15) is 4.79 Å². The van der Waals surface area contributed by atoms with Gasteiger partial charge in [-0.25, -0.2) is 4.98 Å². The third kappa shape index (κ3) is 3.80. The summed E-state index contributed by atoms with van der Waals surface area (Å²) in [7, 11) is 4.09. The molecule has 1 spiro atoms. The summed E-state index contributed by atoms with van der Waals surface area (Å²) in [5.74, 6) is 0.624. The van der Waals surface area contributed by atoms with Crippen LogP contribution in [0.4, 0.5) is 0 Å². The van der Waals surface area contributed by atoms with E-state index in [1.165, 1.54) is 0 Å². The number of carbonyl (C=O) groups excluding carboxylic acids is 1. The van der Waals surface area contributed by atoms with Crippen molar-refractivity contribution in [1.82, 2.24) is 24.3 Å². The molecule has 3 fully saturated rings. The summed E-state index contributed by atoms with van der Waals surface area (Å²) in [5, 5.41) is 0. The number of piperidine rings is 1. The van der Waals surface area contributed by atoms with Crippen LogP contribution in [-0.4, -0.2) is 95.2 Å². The summed E-state index contributed by atoms with van der Waals surface area (Å²) in [5.41, 5.74) is 0.400. The van der Waals surface area contributed by atoms with E-state index in [1.54, 1.807) is 12.5 Å². The van der Waals surface area contributed by atoms with Crippen molar-refractivity contribution in [2.45, 2.75) is 24.9 Å². The van der Waals surface area contributed by atoms with E-state index >= 15 is 0 Å². The summed E-state index contributed by atoms with van der Waals surface area (Å²) in [6, 6.07) is 0. The van der Waals surface area contributed by atoms with Gasteiger partial charge in [0.05, 0.1) is 25.1 Å². The zero-order valence-corrected chi connectivity index (χ0v) is 16.1. The van der Waals surface area contributed by atoms with E-state index in [-0.39, 0.29) is 11.5 Å². The van der Waals surface area contributed by atoms with E-state index in [0.29, 0.717) is 18.2 Å². The van der Waals surface area contributed by atoms with Crippen LogP contribution in [0.5, 0.6) is 0 Å². The van der Waals surface area contributed by atoms with Crippen LogP contribution in [0.1, 0.15) is 29.8 Å². The fourth-order valence-electron chi connectivity index (χ4n) is 4.69. The van der Waals surface area contributed by atoms with Gasteiger partial charge in [-0.3, -0.25) is 4.79 Å². The predicted molar refractivity (Wildman–Crippen MR) is 99.1 cm³/mol. The van der Waals surface area contributed by atoms with Crippen molar-refractivity contribution in [3.63, 3.8) is 0 Å². The molecule has 7 heteroatoms. The Hall–Kier alpha value is -1.44. The van der Waals surface area contributed by atoms with Gasteiger partial charge in [0.15, 0.2) is 0 Å². The summed E-state index contributed by atoms with van der Waals surface area (Å²) >= 11 is 0. The Labute approximate surface area is 155 Å². The molecule has 0 aromatic carbocycles. The molecule has 7 nitrogen and oxygen atoms in total. The van der Waals surface area contributed by atoms with E-state index in [2.05, 4.69) is 21.8 Å². The quantitative estimate of drug-likeness (QED) is 0.792. The number of imidazole rings is 1. The van der Waals surface area contributed by atoms with Crippen LogP contribution >= 0.6 is 0 Å². The lowest BCUT2D eigenvalue weighted by molar-refractivity contribution is -0.0451. The zero-order chi connectivity index (χ0) is 18.1. The van der Waals surface area contributed by atoms with E-state index in [4.69, 9.17) is 4.74 Å². The number of aromatic nitrogens is 2. The summed E-state index contributed by atoms with van der Waals surface area (Å²) in [4.78, 5) is 23.9. The molecule has 1 amide bonds. The highest BCUT2D eigenvalue weighted by molar-refractivity contribution is 5.92. The standard InChI is InChI=1S/C19H31N5O2/c1-21-6-8-23(9-7-21)11-16-10-19(26-13-16)4-3-5-24(14-19)18(25)17-12-22(2)15-20-17/h12,15-16H,3-11,13-14H2,1-2H3/t16-,19-/m1/s1. The van der Waals surface area contributed by atoms with Gasteiger partial charge in [0.25, 0.3) is 5.91 Å². The van der Waals surface area contributed by atoms with Gasteiger partial charge in [-0.15, -0.1) is 0 Å². The minimum Gasteiger partial charge on any atom is -0.373 e. The first kappa shape index (κ1) is 17.9. The summed E-state index contributed by atoms with van der Waals surface area (Å²) in [6.45, 7) is 8.11. The lowest BCUT2D eigenvalue weighted by atomic mass is 9.86. The number of hydrogen-bond acceptors (Lipinski definition) is 5. The Morgan fingerprint density at radius 1 is 1.27 bits per heavy atom. The molecular weight excluding hydrogens is 330 g/mol. The van der Waals surface area contributed by atoms with E-state index in [1.807, 2.05) is 16.5 Å². The molecule has 1 aromatic heterocycles. The molecule has 3 aliphatic rings. The topological polar surface area (TPSA) is 53.8 Å². The molecule has 0 N–H and O–H groups in total. The first-order valence-corrected chi connectivity index (χ1v) is 9.85. The highest BCUT2D eigenvalue weighted by Gasteiger charge is 2.45. The van der Waals surface area contributed by atoms with E-state index < -0.39 is 0 Å². The first-order chi connectivity index (χ1) is 12.5. The van der Waals surface area contributed by atoms with Crippen LogP contribution in [0.15, 0.2) is 12.5 Å². The highest BCUT2D eigenvalue weighted by atomic mass is 16.5. The van der Waals surface area contributed by atoms with Crippen molar-refractivity contribution in [1.29, 1.82) is 0 Å². The van der Waals surface area contributed by atoms with Crippen molar-refractivity contribution in [3.8, 4) is 0 Å². The second-order valence-electron chi connectivity index (χ2n) is 8.42. The number of carbonyl (C=O) groups is 1. The molecule has 1 aromatic rings. The predicted octanol–water partition coefficient (Wildman–Crippen LogP) is 0.679. The third-order valence-electron chi connectivity index (χ3n) is 6.15. The number of ether oxygens (including phenoxy) is 1. The number of amides is 1. The van der Waals surface area contributed by atoms with Crippen molar-refractivity contribution >= 4 is 5.91 Å². The van der Waals surface area contributed by atoms with Gasteiger partial charge in [0, 0.05) is 52.5 Å². The molecular formula is C19H31N5O2. The Morgan fingerprint density at radius 3 is 2.81 bits per heavy atom. The Balaban J connectivity index is 1.34.